The van der Waals surface area contributed by atoms with Crippen LogP contribution < -0.4 is 4.90 Å². The molecule has 3 nitrogen and oxygen atoms in total. The van der Waals surface area contributed by atoms with Crippen molar-refractivity contribution < 1.29 is 13.2 Å². The quantitative estimate of drug-likeness (QED) is 0.794. The van der Waals surface area contributed by atoms with Crippen LogP contribution in [0.15, 0.2) is 10.7 Å². The van der Waals surface area contributed by atoms with Crippen molar-refractivity contribution in [3.8, 4) is 0 Å². The molecule has 0 saturated heterocycles. The van der Waals surface area contributed by atoms with E-state index in [9.17, 15) is 13.2 Å². The molecule has 0 atom stereocenters. The topological polar surface area (TPSA) is 29.0 Å². The highest BCUT2D eigenvalue weighted by molar-refractivity contribution is 9.10. The molecule has 1 aromatic rings. The maximum atomic E-state index is 12.5. The lowest BCUT2D eigenvalue weighted by atomic mass is 10.3. The molecule has 0 unspecified atom stereocenters. The van der Waals surface area contributed by atoms with Crippen LogP contribution >= 0.6 is 15.9 Å². The lowest BCUT2D eigenvalue weighted by molar-refractivity contribution is -0.119. The summed E-state index contributed by atoms with van der Waals surface area (Å²) in [7, 11) is 0. The van der Waals surface area contributed by atoms with Gasteiger partial charge in [0.05, 0.1) is 0 Å². The molecule has 0 radical (unpaired) electrons. The van der Waals surface area contributed by atoms with Crippen LogP contribution in [0.5, 0.6) is 0 Å². The molecule has 2 rings (SSSR count). The van der Waals surface area contributed by atoms with Crippen LogP contribution in [-0.2, 0) is 0 Å². The van der Waals surface area contributed by atoms with Gasteiger partial charge in [-0.15, -0.1) is 0 Å². The van der Waals surface area contributed by atoms with Gasteiger partial charge in [-0.2, -0.15) is 13.2 Å². The van der Waals surface area contributed by atoms with Gasteiger partial charge in [0.25, 0.3) is 0 Å². The van der Waals surface area contributed by atoms with Crippen molar-refractivity contribution in [1.82, 2.24) is 9.97 Å². The Balaban J connectivity index is 2.24. The largest absolute Gasteiger partial charge is 0.405 e. The summed E-state index contributed by atoms with van der Waals surface area (Å²) >= 11 is 3.23. The molecule has 1 fully saturated rings. The van der Waals surface area contributed by atoms with Gasteiger partial charge in [-0.3, -0.25) is 0 Å². The highest BCUT2D eigenvalue weighted by atomic mass is 79.9. The summed E-state index contributed by atoms with van der Waals surface area (Å²) < 4.78 is 37.9. The zero-order valence-electron chi connectivity index (χ0n) is 9.84. The van der Waals surface area contributed by atoms with E-state index in [2.05, 4.69) is 25.9 Å². The van der Waals surface area contributed by atoms with Crippen LogP contribution in [0.3, 0.4) is 0 Å². The summed E-state index contributed by atoms with van der Waals surface area (Å²) in [6.45, 7) is 0.947. The maximum absolute atomic E-state index is 12.5. The first kappa shape index (κ1) is 13.6. The molecule has 100 valence electrons. The molecule has 0 N–H and O–H groups in total. The van der Waals surface area contributed by atoms with Gasteiger partial charge in [-0.25, -0.2) is 9.97 Å². The Morgan fingerprint density at radius 2 is 2.06 bits per heavy atom. The Bertz CT molecular complexity index is 432. The van der Waals surface area contributed by atoms with Crippen LogP contribution in [0.4, 0.5) is 19.0 Å². The van der Waals surface area contributed by atoms with E-state index in [4.69, 9.17) is 0 Å². The molecule has 18 heavy (non-hydrogen) atoms. The predicted octanol–water partition coefficient (Wildman–Crippen LogP) is 3.51. The fraction of sp³-hybridized carbons (Fsp3) is 0.636. The minimum absolute atomic E-state index is 0.257. The normalized spacial score (nSPS) is 15.8. The van der Waals surface area contributed by atoms with Crippen LogP contribution in [-0.4, -0.2) is 29.2 Å². The number of aromatic nitrogens is 2. The first-order valence-electron chi connectivity index (χ1n) is 5.75. The first-order chi connectivity index (χ1) is 8.39. The fourth-order valence-corrected chi connectivity index (χ4v) is 2.07. The molecule has 0 amide bonds. The summed E-state index contributed by atoms with van der Waals surface area (Å²) in [5.74, 6) is 1.28. The van der Waals surface area contributed by atoms with Crippen molar-refractivity contribution >= 4 is 21.7 Å². The number of hydrogen-bond donors (Lipinski definition) is 0. The molecular formula is C11H13BrF3N3. The third-order valence-corrected chi connectivity index (χ3v) is 3.12. The summed E-state index contributed by atoms with van der Waals surface area (Å²) in [6.07, 6.45) is -2.20. The minimum atomic E-state index is -4.23. The van der Waals surface area contributed by atoms with Crippen molar-refractivity contribution in [2.24, 2.45) is 0 Å². The zero-order valence-corrected chi connectivity index (χ0v) is 11.4. The van der Waals surface area contributed by atoms with Crippen molar-refractivity contribution in [2.45, 2.75) is 31.9 Å². The third kappa shape index (κ3) is 3.57. The van der Waals surface area contributed by atoms with E-state index in [1.807, 2.05) is 0 Å². The Morgan fingerprint density at radius 3 is 2.56 bits per heavy atom. The second-order valence-corrected chi connectivity index (χ2v) is 5.12. The highest BCUT2D eigenvalue weighted by Crippen LogP contribution is 2.39. The number of hydrogen-bond acceptors (Lipinski definition) is 3. The smallest absolute Gasteiger partial charge is 0.348 e. The summed E-state index contributed by atoms with van der Waals surface area (Å²) in [5.41, 5.74) is 0. The first-order valence-corrected chi connectivity index (χ1v) is 6.54. The average Bonchev–Trinajstić information content (AvgIpc) is 3.07. The van der Waals surface area contributed by atoms with E-state index in [0.717, 1.165) is 12.8 Å². The molecule has 1 heterocycles. The lowest BCUT2D eigenvalue weighted by Crippen LogP contribution is -2.34. The molecule has 0 aromatic carbocycles. The standard InChI is InChI=1S/C11H13BrF3N3/c1-2-18(6-11(13,14)15)9-5-8(12)16-10(17-9)7-3-4-7/h5,7H,2-4,6H2,1H3. The number of rotatable bonds is 4. The van der Waals surface area contributed by atoms with Crippen molar-refractivity contribution in [1.29, 1.82) is 0 Å². The van der Waals surface area contributed by atoms with Crippen LogP contribution in [0, 0.1) is 0 Å². The number of halogens is 4. The van der Waals surface area contributed by atoms with E-state index in [1.165, 1.54) is 11.0 Å². The van der Waals surface area contributed by atoms with Gasteiger partial charge >= 0.3 is 6.18 Å². The zero-order chi connectivity index (χ0) is 13.3. The second-order valence-electron chi connectivity index (χ2n) is 4.31. The van der Waals surface area contributed by atoms with Gasteiger partial charge < -0.3 is 4.90 Å². The van der Waals surface area contributed by atoms with E-state index in [1.54, 1.807) is 6.92 Å². The molecule has 1 saturated carbocycles. The van der Waals surface area contributed by atoms with Crippen LogP contribution in [0.25, 0.3) is 0 Å². The molecule has 0 spiro atoms. The van der Waals surface area contributed by atoms with Crippen molar-refractivity contribution in [2.75, 3.05) is 18.0 Å². The predicted molar refractivity (Wildman–Crippen MR) is 65.6 cm³/mol. The van der Waals surface area contributed by atoms with Gasteiger partial charge in [0.1, 0.15) is 22.8 Å². The monoisotopic (exact) mass is 323 g/mol. The maximum Gasteiger partial charge on any atom is 0.405 e. The molecule has 0 aliphatic heterocycles. The Kier molecular flexibility index (Phi) is 3.79. The Hall–Kier alpha value is -0.850. The van der Waals surface area contributed by atoms with E-state index < -0.39 is 12.7 Å². The summed E-state index contributed by atoms with van der Waals surface area (Å²) in [6, 6.07) is 1.53. The van der Waals surface area contributed by atoms with E-state index >= 15 is 0 Å². The Labute approximate surface area is 112 Å². The second kappa shape index (κ2) is 5.03. The van der Waals surface area contributed by atoms with E-state index in [-0.39, 0.29) is 6.54 Å². The van der Waals surface area contributed by atoms with Gasteiger partial charge in [0.2, 0.25) is 0 Å². The van der Waals surface area contributed by atoms with Crippen LogP contribution in [0.2, 0.25) is 0 Å². The van der Waals surface area contributed by atoms with E-state index in [0.29, 0.717) is 22.2 Å². The minimum Gasteiger partial charge on any atom is -0.348 e. The SMILES string of the molecule is CCN(CC(F)(F)F)c1cc(Br)nc(C2CC2)n1. The molecule has 1 aliphatic carbocycles. The van der Waals surface area contributed by atoms with Gasteiger partial charge in [0, 0.05) is 18.5 Å². The molecule has 1 aliphatic rings. The molecular weight excluding hydrogens is 311 g/mol. The summed E-state index contributed by atoms with van der Waals surface area (Å²) in [5, 5.41) is 0. The summed E-state index contributed by atoms with van der Waals surface area (Å²) in [4.78, 5) is 9.65. The number of anilines is 1. The van der Waals surface area contributed by atoms with Crippen molar-refractivity contribution in [3.05, 3.63) is 16.5 Å². The fourth-order valence-electron chi connectivity index (χ4n) is 1.68. The molecule has 0 bridgehead atoms. The molecule has 1 aromatic heterocycles. The van der Waals surface area contributed by atoms with Gasteiger partial charge in [0.15, 0.2) is 0 Å². The van der Waals surface area contributed by atoms with Crippen molar-refractivity contribution in [3.63, 3.8) is 0 Å². The van der Waals surface area contributed by atoms with Gasteiger partial charge in [-0.1, -0.05) is 0 Å². The average molecular weight is 324 g/mol. The van der Waals surface area contributed by atoms with Gasteiger partial charge in [-0.05, 0) is 35.7 Å². The number of alkyl halides is 3. The Morgan fingerprint density at radius 1 is 1.39 bits per heavy atom. The highest BCUT2D eigenvalue weighted by Gasteiger charge is 2.32. The third-order valence-electron chi connectivity index (χ3n) is 2.72. The van der Waals surface area contributed by atoms with Crippen LogP contribution in [0.1, 0.15) is 31.5 Å². The number of nitrogens with zero attached hydrogens (tertiary/aromatic N) is 3. The lowest BCUT2D eigenvalue weighted by Gasteiger charge is -2.23. The molecule has 7 heteroatoms.